The monoisotopic (exact) mass is 420 g/mol. The molecule has 0 fully saturated rings. The van der Waals surface area contributed by atoms with Crippen LogP contribution >= 0.6 is 11.3 Å². The van der Waals surface area contributed by atoms with Crippen LogP contribution < -0.4 is 14.3 Å². The van der Waals surface area contributed by atoms with Gasteiger partial charge in [0.2, 0.25) is 6.79 Å². The average molecular weight is 420 g/mol. The van der Waals surface area contributed by atoms with Gasteiger partial charge in [0.1, 0.15) is 6.54 Å². The summed E-state index contributed by atoms with van der Waals surface area (Å²) in [7, 11) is 1.32. The molecular formula is C22H16N2O5S. The summed E-state index contributed by atoms with van der Waals surface area (Å²) in [5.41, 5.74) is 1.20. The molecule has 150 valence electrons. The second-order valence-corrected chi connectivity index (χ2v) is 7.71. The number of hydrogen-bond donors (Lipinski definition) is 0. The van der Waals surface area contributed by atoms with Crippen molar-refractivity contribution in [1.29, 1.82) is 0 Å². The molecule has 0 spiro atoms. The zero-order valence-corrected chi connectivity index (χ0v) is 16.8. The molecule has 0 atom stereocenters. The third kappa shape index (κ3) is 3.21. The van der Waals surface area contributed by atoms with E-state index < -0.39 is 5.97 Å². The molecule has 8 heteroatoms. The summed E-state index contributed by atoms with van der Waals surface area (Å²) < 4.78 is 18.2. The van der Waals surface area contributed by atoms with Gasteiger partial charge in [-0.3, -0.25) is 9.59 Å². The lowest BCUT2D eigenvalue weighted by Gasteiger charge is -2.04. The minimum atomic E-state index is -0.438. The van der Waals surface area contributed by atoms with Crippen LogP contribution in [0, 0.1) is 0 Å². The number of fused-ring (bicyclic) bond motifs is 3. The highest BCUT2D eigenvalue weighted by molar-refractivity contribution is 7.16. The summed E-state index contributed by atoms with van der Waals surface area (Å²) in [5, 5.41) is 2.01. The summed E-state index contributed by atoms with van der Waals surface area (Å²) in [6, 6.07) is 16.9. The molecule has 5 rings (SSSR count). The lowest BCUT2D eigenvalue weighted by Crippen LogP contribution is -2.22. The SMILES string of the molecule is COC(=O)Cn1c(=NC(=O)c2ccc3ccccc3c2)sc2cc3c(cc21)OCO3. The molecule has 1 aliphatic heterocycles. The largest absolute Gasteiger partial charge is 0.468 e. The van der Waals surface area contributed by atoms with Crippen molar-refractivity contribution in [1.82, 2.24) is 4.57 Å². The molecule has 1 aromatic heterocycles. The summed E-state index contributed by atoms with van der Waals surface area (Å²) in [6.45, 7) is 0.0846. The molecule has 1 amide bonds. The van der Waals surface area contributed by atoms with Gasteiger partial charge < -0.3 is 18.8 Å². The number of hydrogen-bond acceptors (Lipinski definition) is 6. The van der Waals surface area contributed by atoms with Crippen LogP contribution in [-0.4, -0.2) is 30.3 Å². The van der Waals surface area contributed by atoms with Crippen LogP contribution in [0.5, 0.6) is 11.5 Å². The van der Waals surface area contributed by atoms with Gasteiger partial charge in [-0.15, -0.1) is 0 Å². The highest BCUT2D eigenvalue weighted by Crippen LogP contribution is 2.37. The Morgan fingerprint density at radius 2 is 1.83 bits per heavy atom. The zero-order chi connectivity index (χ0) is 20.7. The van der Waals surface area contributed by atoms with Gasteiger partial charge in [-0.05, 0) is 22.9 Å². The second-order valence-electron chi connectivity index (χ2n) is 6.70. The maximum atomic E-state index is 12.9. The molecule has 4 aromatic rings. The Hall–Kier alpha value is -3.65. The number of carbonyl (C=O) groups excluding carboxylic acids is 2. The third-order valence-corrected chi connectivity index (χ3v) is 5.93. The molecule has 30 heavy (non-hydrogen) atoms. The predicted octanol–water partition coefficient (Wildman–Crippen LogP) is 3.50. The van der Waals surface area contributed by atoms with E-state index in [0.29, 0.717) is 21.9 Å². The summed E-state index contributed by atoms with van der Waals surface area (Å²) in [4.78, 5) is 29.6. The normalized spacial score (nSPS) is 13.2. The molecule has 0 aliphatic carbocycles. The van der Waals surface area contributed by atoms with E-state index in [9.17, 15) is 9.59 Å². The number of rotatable bonds is 3. The molecule has 0 radical (unpaired) electrons. The Bertz CT molecular complexity index is 1390. The summed E-state index contributed by atoms with van der Waals surface area (Å²) >= 11 is 1.30. The van der Waals surface area contributed by atoms with Crippen molar-refractivity contribution in [3.05, 3.63) is 65.0 Å². The number of ether oxygens (including phenoxy) is 3. The number of benzene rings is 3. The van der Waals surface area contributed by atoms with Crippen LogP contribution in [0.4, 0.5) is 0 Å². The molecule has 3 aromatic carbocycles. The first-order valence-electron chi connectivity index (χ1n) is 9.20. The highest BCUT2D eigenvalue weighted by Gasteiger charge is 2.19. The van der Waals surface area contributed by atoms with Gasteiger partial charge in [-0.2, -0.15) is 4.99 Å². The number of methoxy groups -OCH3 is 1. The molecule has 2 heterocycles. The van der Waals surface area contributed by atoms with E-state index >= 15 is 0 Å². The van der Waals surface area contributed by atoms with Gasteiger partial charge in [0, 0.05) is 17.7 Å². The molecule has 0 bridgehead atoms. The molecule has 0 saturated carbocycles. The van der Waals surface area contributed by atoms with Crippen molar-refractivity contribution >= 4 is 44.2 Å². The van der Waals surface area contributed by atoms with Crippen LogP contribution in [0.15, 0.2) is 59.6 Å². The minimum absolute atomic E-state index is 0.0695. The maximum Gasteiger partial charge on any atom is 0.325 e. The molecular weight excluding hydrogens is 404 g/mol. The zero-order valence-electron chi connectivity index (χ0n) is 16.0. The number of amides is 1. The van der Waals surface area contributed by atoms with Crippen molar-refractivity contribution in [2.45, 2.75) is 6.54 Å². The lowest BCUT2D eigenvalue weighted by molar-refractivity contribution is -0.141. The lowest BCUT2D eigenvalue weighted by atomic mass is 10.1. The van der Waals surface area contributed by atoms with Gasteiger partial charge >= 0.3 is 5.97 Å². The first-order valence-corrected chi connectivity index (χ1v) is 10.0. The average Bonchev–Trinajstić information content (AvgIpc) is 3.35. The van der Waals surface area contributed by atoms with E-state index in [0.717, 1.165) is 21.0 Å². The molecule has 0 unspecified atom stereocenters. The van der Waals surface area contributed by atoms with Gasteiger partial charge in [0.15, 0.2) is 16.3 Å². The highest BCUT2D eigenvalue weighted by atomic mass is 32.1. The fourth-order valence-electron chi connectivity index (χ4n) is 3.37. The van der Waals surface area contributed by atoms with E-state index in [-0.39, 0.29) is 19.2 Å². The number of carbonyl (C=O) groups is 2. The Morgan fingerprint density at radius 1 is 1.07 bits per heavy atom. The first-order chi connectivity index (χ1) is 14.6. The van der Waals surface area contributed by atoms with Gasteiger partial charge in [0.25, 0.3) is 5.91 Å². The summed E-state index contributed by atoms with van der Waals surface area (Å²) in [6.07, 6.45) is 0. The predicted molar refractivity (Wildman–Crippen MR) is 112 cm³/mol. The van der Waals surface area contributed by atoms with Gasteiger partial charge in [-0.1, -0.05) is 41.7 Å². The van der Waals surface area contributed by atoms with Crippen molar-refractivity contribution in [3.63, 3.8) is 0 Å². The Kier molecular flexibility index (Phi) is 4.48. The quantitative estimate of drug-likeness (QED) is 0.474. The standard InChI is InChI=1S/C22H16N2O5S/c1-27-20(25)11-24-16-9-17-18(29-12-28-17)10-19(16)30-22(24)23-21(26)15-7-6-13-4-2-3-5-14(13)8-15/h2-10H,11-12H2,1H3. The maximum absolute atomic E-state index is 12.9. The third-order valence-electron chi connectivity index (χ3n) is 4.89. The number of aromatic nitrogens is 1. The Balaban J connectivity index is 1.64. The topological polar surface area (TPSA) is 79.1 Å². The van der Waals surface area contributed by atoms with Crippen LogP contribution in [0.2, 0.25) is 0 Å². The number of thiazole rings is 1. The van der Waals surface area contributed by atoms with E-state index in [1.165, 1.54) is 18.4 Å². The van der Waals surface area contributed by atoms with Gasteiger partial charge in [-0.25, -0.2) is 0 Å². The van der Waals surface area contributed by atoms with E-state index in [1.54, 1.807) is 16.7 Å². The van der Waals surface area contributed by atoms with Crippen LogP contribution in [0.3, 0.4) is 0 Å². The number of esters is 1. The van der Waals surface area contributed by atoms with Crippen molar-refractivity contribution in [2.75, 3.05) is 13.9 Å². The van der Waals surface area contributed by atoms with Crippen molar-refractivity contribution in [2.24, 2.45) is 4.99 Å². The van der Waals surface area contributed by atoms with E-state index in [1.807, 2.05) is 42.5 Å². The Labute approximate surface area is 174 Å². The fourth-order valence-corrected chi connectivity index (χ4v) is 4.40. The van der Waals surface area contributed by atoms with Crippen LogP contribution in [-0.2, 0) is 16.1 Å². The van der Waals surface area contributed by atoms with Crippen LogP contribution in [0.25, 0.3) is 21.0 Å². The number of nitrogens with zero attached hydrogens (tertiary/aromatic N) is 2. The Morgan fingerprint density at radius 3 is 2.63 bits per heavy atom. The molecule has 0 N–H and O–H groups in total. The molecule has 0 saturated heterocycles. The van der Waals surface area contributed by atoms with Gasteiger partial charge in [0.05, 0.1) is 17.3 Å². The van der Waals surface area contributed by atoms with E-state index in [4.69, 9.17) is 14.2 Å². The second kappa shape index (κ2) is 7.31. The smallest absolute Gasteiger partial charge is 0.325 e. The van der Waals surface area contributed by atoms with E-state index in [2.05, 4.69) is 4.99 Å². The van der Waals surface area contributed by atoms with Crippen molar-refractivity contribution in [3.8, 4) is 11.5 Å². The van der Waals surface area contributed by atoms with Crippen molar-refractivity contribution < 1.29 is 23.8 Å². The van der Waals surface area contributed by atoms with Crippen LogP contribution in [0.1, 0.15) is 10.4 Å². The first kappa shape index (κ1) is 18.4. The minimum Gasteiger partial charge on any atom is -0.468 e. The fraction of sp³-hybridized carbons (Fsp3) is 0.136. The molecule has 1 aliphatic rings. The summed E-state index contributed by atoms with van der Waals surface area (Å²) in [5.74, 6) is 0.394. The molecule has 7 nitrogen and oxygen atoms in total.